The summed E-state index contributed by atoms with van der Waals surface area (Å²) in [4.78, 5) is 20.5. The van der Waals surface area contributed by atoms with Crippen LogP contribution in [0.15, 0.2) is 59.1 Å². The molecule has 0 saturated carbocycles. The molecule has 1 saturated heterocycles. The highest BCUT2D eigenvalue weighted by Gasteiger charge is 2.27. The summed E-state index contributed by atoms with van der Waals surface area (Å²) < 4.78 is 27.8. The fourth-order valence-electron chi connectivity index (χ4n) is 2.89. The third kappa shape index (κ3) is 7.86. The van der Waals surface area contributed by atoms with Crippen LogP contribution in [0.5, 0.6) is 0 Å². The van der Waals surface area contributed by atoms with Crippen molar-refractivity contribution in [2.75, 3.05) is 26.2 Å². The standard InChI is InChI=1S/C18H21BrN2O2S.C2H2O4/c19-18-8-6-16(7-9-18)14-20-10-12-21(13-11-20)24(22,23)15-17-4-2-1-3-5-17;3-1(4)2(5)6/h1-9H,10-15H2;(H,3,4)(H,5,6). The van der Waals surface area contributed by atoms with Gasteiger partial charge in [-0.1, -0.05) is 58.4 Å². The molecule has 162 valence electrons. The zero-order valence-electron chi connectivity index (χ0n) is 16.1. The van der Waals surface area contributed by atoms with Gasteiger partial charge in [0.05, 0.1) is 5.75 Å². The van der Waals surface area contributed by atoms with E-state index < -0.39 is 22.0 Å². The lowest BCUT2D eigenvalue weighted by Crippen LogP contribution is -2.48. The first-order valence-corrected chi connectivity index (χ1v) is 11.5. The maximum atomic E-state index is 12.6. The first kappa shape index (κ1) is 24.0. The van der Waals surface area contributed by atoms with Crippen molar-refractivity contribution in [2.24, 2.45) is 0 Å². The van der Waals surface area contributed by atoms with Crippen LogP contribution in [0.2, 0.25) is 0 Å². The number of carboxylic acid groups (broad SMARTS) is 2. The summed E-state index contributed by atoms with van der Waals surface area (Å²) in [6.07, 6.45) is 0. The van der Waals surface area contributed by atoms with E-state index >= 15 is 0 Å². The fourth-order valence-corrected chi connectivity index (χ4v) is 4.67. The number of hydrogen-bond acceptors (Lipinski definition) is 5. The summed E-state index contributed by atoms with van der Waals surface area (Å²) in [5, 5.41) is 14.8. The van der Waals surface area contributed by atoms with Crippen LogP contribution < -0.4 is 0 Å². The van der Waals surface area contributed by atoms with E-state index in [-0.39, 0.29) is 5.75 Å². The highest BCUT2D eigenvalue weighted by molar-refractivity contribution is 9.10. The molecule has 0 atom stereocenters. The predicted octanol–water partition coefficient (Wildman–Crippen LogP) is 2.25. The van der Waals surface area contributed by atoms with E-state index in [1.807, 2.05) is 42.5 Å². The van der Waals surface area contributed by atoms with Crippen LogP contribution in [-0.2, 0) is 31.9 Å². The zero-order valence-corrected chi connectivity index (χ0v) is 18.5. The average Bonchev–Trinajstić information content (AvgIpc) is 2.71. The molecule has 0 spiro atoms. The smallest absolute Gasteiger partial charge is 0.414 e. The van der Waals surface area contributed by atoms with Gasteiger partial charge in [-0.2, -0.15) is 4.31 Å². The van der Waals surface area contributed by atoms with E-state index in [1.165, 1.54) is 5.56 Å². The molecule has 1 heterocycles. The summed E-state index contributed by atoms with van der Waals surface area (Å²) in [6, 6.07) is 17.7. The Morgan fingerprint density at radius 1 is 0.833 bits per heavy atom. The van der Waals surface area contributed by atoms with Crippen molar-refractivity contribution in [3.8, 4) is 0 Å². The Morgan fingerprint density at radius 3 is 1.87 bits per heavy atom. The van der Waals surface area contributed by atoms with Gasteiger partial charge in [-0.05, 0) is 23.3 Å². The van der Waals surface area contributed by atoms with Gasteiger partial charge in [-0.3, -0.25) is 4.90 Å². The van der Waals surface area contributed by atoms with Crippen molar-refractivity contribution in [3.05, 3.63) is 70.2 Å². The minimum atomic E-state index is -3.24. The number of piperazine rings is 1. The maximum absolute atomic E-state index is 12.6. The fraction of sp³-hybridized carbons (Fsp3) is 0.300. The first-order valence-electron chi connectivity index (χ1n) is 9.12. The molecule has 1 fully saturated rings. The highest BCUT2D eigenvalue weighted by atomic mass is 79.9. The third-order valence-electron chi connectivity index (χ3n) is 4.42. The second-order valence-corrected chi connectivity index (χ2v) is 9.54. The Hall–Kier alpha value is -2.27. The van der Waals surface area contributed by atoms with Gasteiger partial charge in [-0.15, -0.1) is 0 Å². The van der Waals surface area contributed by atoms with Crippen molar-refractivity contribution in [1.82, 2.24) is 9.21 Å². The molecular weight excluding hydrogens is 476 g/mol. The maximum Gasteiger partial charge on any atom is 0.414 e. The molecule has 0 bridgehead atoms. The van der Waals surface area contributed by atoms with E-state index in [1.54, 1.807) is 4.31 Å². The average molecular weight is 499 g/mol. The second kappa shape index (κ2) is 11.2. The van der Waals surface area contributed by atoms with Crippen LogP contribution in [0.25, 0.3) is 0 Å². The molecule has 0 radical (unpaired) electrons. The summed E-state index contributed by atoms with van der Waals surface area (Å²) in [7, 11) is -3.24. The molecule has 10 heteroatoms. The van der Waals surface area contributed by atoms with Crippen LogP contribution in [0, 0.1) is 0 Å². The van der Waals surface area contributed by atoms with Gasteiger partial charge in [0.25, 0.3) is 0 Å². The molecule has 1 aliphatic heterocycles. The molecule has 2 aromatic rings. The second-order valence-electron chi connectivity index (χ2n) is 6.65. The molecule has 0 aliphatic carbocycles. The van der Waals surface area contributed by atoms with E-state index in [2.05, 4.69) is 33.0 Å². The quantitative estimate of drug-likeness (QED) is 0.607. The molecule has 0 amide bonds. The number of rotatable bonds is 5. The number of hydrogen-bond donors (Lipinski definition) is 2. The summed E-state index contributed by atoms with van der Waals surface area (Å²) >= 11 is 3.44. The Kier molecular flexibility index (Phi) is 8.97. The molecule has 2 N–H and O–H groups in total. The van der Waals surface area contributed by atoms with Crippen LogP contribution in [0.1, 0.15) is 11.1 Å². The van der Waals surface area contributed by atoms with E-state index in [9.17, 15) is 8.42 Å². The van der Waals surface area contributed by atoms with Crippen molar-refractivity contribution in [2.45, 2.75) is 12.3 Å². The lowest BCUT2D eigenvalue weighted by molar-refractivity contribution is -0.159. The number of aliphatic carboxylic acids is 2. The van der Waals surface area contributed by atoms with E-state index in [0.29, 0.717) is 13.1 Å². The highest BCUT2D eigenvalue weighted by Crippen LogP contribution is 2.16. The Labute approximate surface area is 183 Å². The minimum Gasteiger partial charge on any atom is -0.473 e. The molecule has 2 aromatic carbocycles. The Morgan fingerprint density at radius 2 is 1.37 bits per heavy atom. The summed E-state index contributed by atoms with van der Waals surface area (Å²) in [5.74, 6) is -3.56. The van der Waals surface area contributed by atoms with Gasteiger partial charge in [0.1, 0.15) is 0 Å². The lowest BCUT2D eigenvalue weighted by atomic mass is 10.2. The van der Waals surface area contributed by atoms with Gasteiger partial charge in [0.2, 0.25) is 10.0 Å². The SMILES string of the molecule is O=C(O)C(=O)O.O=S(=O)(Cc1ccccc1)N1CCN(Cc2ccc(Br)cc2)CC1. The molecule has 0 unspecified atom stereocenters. The Bertz CT molecular complexity index is 931. The number of sulfonamides is 1. The molecule has 1 aliphatic rings. The van der Waals surface area contributed by atoms with Crippen molar-refractivity contribution in [3.63, 3.8) is 0 Å². The summed E-state index contributed by atoms with van der Waals surface area (Å²) in [6.45, 7) is 3.52. The Balaban J connectivity index is 0.000000469. The number of carboxylic acids is 2. The number of carbonyl (C=O) groups is 2. The van der Waals surface area contributed by atoms with Crippen molar-refractivity contribution >= 4 is 37.9 Å². The predicted molar refractivity (Wildman–Crippen MR) is 115 cm³/mol. The van der Waals surface area contributed by atoms with Gasteiger partial charge < -0.3 is 10.2 Å². The van der Waals surface area contributed by atoms with E-state index in [0.717, 1.165) is 29.7 Å². The third-order valence-corrected chi connectivity index (χ3v) is 6.80. The van der Waals surface area contributed by atoms with Gasteiger partial charge in [0, 0.05) is 37.2 Å². The lowest BCUT2D eigenvalue weighted by Gasteiger charge is -2.34. The van der Waals surface area contributed by atoms with Crippen LogP contribution in [0.3, 0.4) is 0 Å². The van der Waals surface area contributed by atoms with Crippen LogP contribution >= 0.6 is 15.9 Å². The van der Waals surface area contributed by atoms with Crippen LogP contribution in [0.4, 0.5) is 0 Å². The zero-order chi connectivity index (χ0) is 22.1. The largest absolute Gasteiger partial charge is 0.473 e. The number of halogens is 1. The monoisotopic (exact) mass is 498 g/mol. The minimum absolute atomic E-state index is 0.0839. The molecule has 0 aromatic heterocycles. The van der Waals surface area contributed by atoms with Crippen molar-refractivity contribution in [1.29, 1.82) is 0 Å². The summed E-state index contributed by atoms with van der Waals surface area (Å²) in [5.41, 5.74) is 2.09. The van der Waals surface area contributed by atoms with Crippen LogP contribution in [-0.4, -0.2) is 66.0 Å². The molecule has 30 heavy (non-hydrogen) atoms. The topological polar surface area (TPSA) is 115 Å². The van der Waals surface area contributed by atoms with Crippen molar-refractivity contribution < 1.29 is 28.2 Å². The normalized spacial score (nSPS) is 15.1. The van der Waals surface area contributed by atoms with Gasteiger partial charge in [0.15, 0.2) is 0 Å². The number of nitrogens with zero attached hydrogens (tertiary/aromatic N) is 2. The molecular formula is C20H23BrN2O6S. The first-order chi connectivity index (χ1) is 14.2. The van der Waals surface area contributed by atoms with E-state index in [4.69, 9.17) is 19.8 Å². The van der Waals surface area contributed by atoms with Gasteiger partial charge in [-0.25, -0.2) is 18.0 Å². The molecule has 3 rings (SSSR count). The molecule has 8 nitrogen and oxygen atoms in total. The number of benzene rings is 2. The van der Waals surface area contributed by atoms with Gasteiger partial charge >= 0.3 is 11.9 Å².